The first kappa shape index (κ1) is 19.6. The molecule has 2 amide bonds. The molecule has 0 aliphatic rings. The minimum atomic E-state index is -1.07. The van der Waals surface area contributed by atoms with Crippen molar-refractivity contribution < 1.29 is 24.2 Å². The van der Waals surface area contributed by atoms with Gasteiger partial charge in [0.05, 0.1) is 11.5 Å². The Balaban J connectivity index is 1.94. The summed E-state index contributed by atoms with van der Waals surface area (Å²) in [5.41, 5.74) is 0.918. The SMILES string of the molecule is O=C(O)COCCNC(=O)C(Cc1ccccc1)NC(=O)c1cccs1. The monoisotopic (exact) mass is 376 g/mol. The molecular weight excluding hydrogens is 356 g/mol. The Labute approximate surface area is 155 Å². The summed E-state index contributed by atoms with van der Waals surface area (Å²) >= 11 is 1.30. The molecule has 2 aromatic rings. The summed E-state index contributed by atoms with van der Waals surface area (Å²) < 4.78 is 4.88. The highest BCUT2D eigenvalue weighted by Gasteiger charge is 2.22. The molecule has 0 aliphatic carbocycles. The normalized spacial score (nSPS) is 11.5. The van der Waals surface area contributed by atoms with Gasteiger partial charge in [-0.15, -0.1) is 11.3 Å². The number of aliphatic carboxylic acids is 1. The van der Waals surface area contributed by atoms with Crippen LogP contribution in [0.25, 0.3) is 0 Å². The Morgan fingerprint density at radius 2 is 1.88 bits per heavy atom. The van der Waals surface area contributed by atoms with Gasteiger partial charge in [0.25, 0.3) is 5.91 Å². The van der Waals surface area contributed by atoms with E-state index in [0.717, 1.165) is 5.56 Å². The van der Waals surface area contributed by atoms with Gasteiger partial charge >= 0.3 is 5.97 Å². The summed E-state index contributed by atoms with van der Waals surface area (Å²) in [7, 11) is 0. The van der Waals surface area contributed by atoms with Gasteiger partial charge in [-0.05, 0) is 17.0 Å². The first-order chi connectivity index (χ1) is 12.6. The van der Waals surface area contributed by atoms with Crippen LogP contribution < -0.4 is 10.6 Å². The quantitative estimate of drug-likeness (QED) is 0.542. The maximum atomic E-state index is 12.5. The van der Waals surface area contributed by atoms with E-state index in [2.05, 4.69) is 10.6 Å². The van der Waals surface area contributed by atoms with E-state index in [0.29, 0.717) is 11.3 Å². The zero-order chi connectivity index (χ0) is 18.8. The van der Waals surface area contributed by atoms with Gasteiger partial charge in [0, 0.05) is 13.0 Å². The predicted octanol–water partition coefficient (Wildman–Crippen LogP) is 1.31. The molecule has 2 rings (SSSR count). The average molecular weight is 376 g/mol. The molecule has 26 heavy (non-hydrogen) atoms. The first-order valence-corrected chi connectivity index (χ1v) is 8.90. The van der Waals surface area contributed by atoms with Crippen molar-refractivity contribution in [1.29, 1.82) is 0 Å². The van der Waals surface area contributed by atoms with E-state index in [9.17, 15) is 14.4 Å². The Kier molecular flexibility index (Phi) is 7.78. The lowest BCUT2D eigenvalue weighted by atomic mass is 10.1. The summed E-state index contributed by atoms with van der Waals surface area (Å²) in [5, 5.41) is 15.7. The van der Waals surface area contributed by atoms with E-state index in [4.69, 9.17) is 9.84 Å². The van der Waals surface area contributed by atoms with Crippen LogP contribution in [0.4, 0.5) is 0 Å². The van der Waals surface area contributed by atoms with Crippen LogP contribution in [0.1, 0.15) is 15.2 Å². The van der Waals surface area contributed by atoms with Crippen molar-refractivity contribution in [1.82, 2.24) is 10.6 Å². The minimum Gasteiger partial charge on any atom is -0.480 e. The zero-order valence-electron chi connectivity index (χ0n) is 14.0. The molecule has 1 atom stereocenters. The number of carbonyl (C=O) groups excluding carboxylic acids is 2. The highest BCUT2D eigenvalue weighted by molar-refractivity contribution is 7.12. The van der Waals surface area contributed by atoms with Crippen molar-refractivity contribution in [2.24, 2.45) is 0 Å². The molecule has 7 nitrogen and oxygen atoms in total. The lowest BCUT2D eigenvalue weighted by Gasteiger charge is -2.18. The molecule has 8 heteroatoms. The van der Waals surface area contributed by atoms with Gasteiger partial charge in [0.15, 0.2) is 0 Å². The number of rotatable bonds is 10. The molecule has 0 fully saturated rings. The minimum absolute atomic E-state index is 0.0783. The summed E-state index contributed by atoms with van der Waals surface area (Å²) in [6, 6.07) is 12.1. The second-order valence-electron chi connectivity index (χ2n) is 5.43. The topological polar surface area (TPSA) is 105 Å². The van der Waals surface area contributed by atoms with Gasteiger partial charge in [-0.3, -0.25) is 9.59 Å². The Hall–Kier alpha value is -2.71. The third kappa shape index (κ3) is 6.66. The second-order valence-corrected chi connectivity index (χ2v) is 6.38. The van der Waals surface area contributed by atoms with Gasteiger partial charge in [0.2, 0.25) is 5.91 Å². The second kappa shape index (κ2) is 10.3. The van der Waals surface area contributed by atoms with Crippen LogP contribution >= 0.6 is 11.3 Å². The van der Waals surface area contributed by atoms with E-state index in [1.807, 2.05) is 30.3 Å². The molecule has 0 aliphatic heterocycles. The van der Waals surface area contributed by atoms with Gasteiger partial charge < -0.3 is 20.5 Å². The van der Waals surface area contributed by atoms with Crippen LogP contribution in [0, 0.1) is 0 Å². The third-order valence-electron chi connectivity index (χ3n) is 3.42. The number of benzene rings is 1. The third-order valence-corrected chi connectivity index (χ3v) is 4.29. The van der Waals surface area contributed by atoms with Crippen LogP contribution in [0.2, 0.25) is 0 Å². The fraction of sp³-hybridized carbons (Fsp3) is 0.278. The molecule has 0 bridgehead atoms. The number of hydrogen-bond acceptors (Lipinski definition) is 5. The molecule has 0 saturated carbocycles. The maximum absolute atomic E-state index is 12.5. The number of nitrogens with one attached hydrogen (secondary N) is 2. The number of thiophene rings is 1. The maximum Gasteiger partial charge on any atom is 0.329 e. The smallest absolute Gasteiger partial charge is 0.329 e. The highest BCUT2D eigenvalue weighted by Crippen LogP contribution is 2.10. The molecule has 1 unspecified atom stereocenters. The number of carboxylic acid groups (broad SMARTS) is 1. The predicted molar refractivity (Wildman–Crippen MR) is 97.2 cm³/mol. The van der Waals surface area contributed by atoms with Gasteiger partial charge in [-0.1, -0.05) is 36.4 Å². The van der Waals surface area contributed by atoms with Crippen molar-refractivity contribution in [3.63, 3.8) is 0 Å². The van der Waals surface area contributed by atoms with Gasteiger partial charge in [-0.2, -0.15) is 0 Å². The summed E-state index contributed by atoms with van der Waals surface area (Å²) in [5.74, 6) is -1.72. The molecule has 1 aromatic carbocycles. The van der Waals surface area contributed by atoms with Crippen LogP contribution in [-0.2, 0) is 20.7 Å². The summed E-state index contributed by atoms with van der Waals surface area (Å²) in [4.78, 5) is 35.7. The van der Waals surface area contributed by atoms with E-state index in [1.165, 1.54) is 11.3 Å². The highest BCUT2D eigenvalue weighted by atomic mass is 32.1. The Morgan fingerprint density at radius 3 is 2.54 bits per heavy atom. The van der Waals surface area contributed by atoms with E-state index in [-0.39, 0.29) is 25.0 Å². The number of amides is 2. The Bertz CT molecular complexity index is 718. The molecule has 0 radical (unpaired) electrons. The number of carbonyl (C=O) groups is 3. The number of hydrogen-bond donors (Lipinski definition) is 3. The van der Waals surface area contributed by atoms with Crippen LogP contribution in [-0.4, -0.2) is 48.7 Å². The molecule has 0 saturated heterocycles. The zero-order valence-corrected chi connectivity index (χ0v) is 14.8. The number of carboxylic acids is 1. The van der Waals surface area contributed by atoms with Crippen LogP contribution in [0.3, 0.4) is 0 Å². The summed E-state index contributed by atoms with van der Waals surface area (Å²) in [6.07, 6.45) is 0.347. The number of ether oxygens (including phenoxy) is 1. The standard InChI is InChI=1S/C18H20N2O5S/c21-16(22)12-25-9-8-19-17(23)14(11-13-5-2-1-3-6-13)20-18(24)15-7-4-10-26-15/h1-7,10,14H,8-9,11-12H2,(H,19,23)(H,20,24)(H,21,22). The fourth-order valence-electron chi connectivity index (χ4n) is 2.23. The van der Waals surface area contributed by atoms with E-state index >= 15 is 0 Å². The van der Waals surface area contributed by atoms with Crippen molar-refractivity contribution in [2.75, 3.05) is 19.8 Å². The lowest BCUT2D eigenvalue weighted by Crippen LogP contribution is -2.48. The van der Waals surface area contributed by atoms with Gasteiger partial charge in [-0.25, -0.2) is 4.79 Å². The van der Waals surface area contributed by atoms with Crippen molar-refractivity contribution in [3.8, 4) is 0 Å². The van der Waals surface area contributed by atoms with E-state index in [1.54, 1.807) is 17.5 Å². The Morgan fingerprint density at radius 1 is 1.12 bits per heavy atom. The molecule has 0 spiro atoms. The fourth-order valence-corrected chi connectivity index (χ4v) is 2.85. The first-order valence-electron chi connectivity index (χ1n) is 8.02. The molecular formula is C18H20N2O5S. The largest absolute Gasteiger partial charge is 0.480 e. The van der Waals surface area contributed by atoms with Crippen molar-refractivity contribution in [2.45, 2.75) is 12.5 Å². The molecule has 3 N–H and O–H groups in total. The van der Waals surface area contributed by atoms with Crippen molar-refractivity contribution in [3.05, 3.63) is 58.3 Å². The molecule has 138 valence electrons. The van der Waals surface area contributed by atoms with Crippen molar-refractivity contribution >= 4 is 29.1 Å². The van der Waals surface area contributed by atoms with Crippen LogP contribution in [0.5, 0.6) is 0 Å². The molecule has 1 aromatic heterocycles. The van der Waals surface area contributed by atoms with Gasteiger partial charge in [0.1, 0.15) is 12.6 Å². The molecule has 1 heterocycles. The summed E-state index contributed by atoms with van der Waals surface area (Å²) in [6.45, 7) is -0.181. The lowest BCUT2D eigenvalue weighted by molar-refractivity contribution is -0.142. The van der Waals surface area contributed by atoms with E-state index < -0.39 is 18.6 Å². The van der Waals surface area contributed by atoms with Crippen LogP contribution in [0.15, 0.2) is 47.8 Å². The average Bonchev–Trinajstić information content (AvgIpc) is 3.16.